The monoisotopic (exact) mass is 375 g/mol. The molecular formula is C14H22IN3O. The lowest BCUT2D eigenvalue weighted by molar-refractivity contribution is 0.0492. The molecule has 0 saturated carbocycles. The Kier molecular flexibility index (Phi) is 6.57. The number of benzene rings is 1. The van der Waals surface area contributed by atoms with Gasteiger partial charge in [0.25, 0.3) is 0 Å². The Hall–Kier alpha value is -0.820. The third-order valence-electron chi connectivity index (χ3n) is 3.20. The van der Waals surface area contributed by atoms with Crippen molar-refractivity contribution in [3.8, 4) is 0 Å². The summed E-state index contributed by atoms with van der Waals surface area (Å²) in [5, 5.41) is 16.8. The van der Waals surface area contributed by atoms with Gasteiger partial charge in [0.1, 0.15) is 0 Å². The normalized spacial score (nSPS) is 17.5. The summed E-state index contributed by atoms with van der Waals surface area (Å²) in [4.78, 5) is 4.33. The van der Waals surface area contributed by atoms with Crippen molar-refractivity contribution in [2.24, 2.45) is 4.99 Å². The van der Waals surface area contributed by atoms with Gasteiger partial charge in [-0.1, -0.05) is 30.3 Å². The van der Waals surface area contributed by atoms with Crippen LogP contribution in [0.4, 0.5) is 0 Å². The van der Waals surface area contributed by atoms with Crippen LogP contribution in [-0.4, -0.2) is 30.7 Å². The summed E-state index contributed by atoms with van der Waals surface area (Å²) in [6, 6.07) is 9.76. The van der Waals surface area contributed by atoms with Crippen LogP contribution in [0.25, 0.3) is 0 Å². The largest absolute Gasteiger partial charge is 0.385 e. The first-order chi connectivity index (χ1) is 8.68. The Bertz CT molecular complexity index is 406. The molecule has 0 aromatic heterocycles. The molecular weight excluding hydrogens is 353 g/mol. The Labute approximate surface area is 131 Å². The number of nitrogens with zero attached hydrogens (tertiary/aromatic N) is 1. The van der Waals surface area contributed by atoms with E-state index < -0.39 is 5.60 Å². The second kappa shape index (κ2) is 7.69. The average molecular weight is 375 g/mol. The maximum absolute atomic E-state index is 10.4. The summed E-state index contributed by atoms with van der Waals surface area (Å²) in [6.45, 7) is 4.40. The van der Waals surface area contributed by atoms with Gasteiger partial charge in [-0.25, -0.2) is 0 Å². The molecule has 5 heteroatoms. The van der Waals surface area contributed by atoms with Crippen molar-refractivity contribution in [3.05, 3.63) is 35.9 Å². The van der Waals surface area contributed by atoms with Gasteiger partial charge in [-0.15, -0.1) is 24.0 Å². The lowest BCUT2D eigenvalue weighted by Crippen LogP contribution is -2.42. The minimum Gasteiger partial charge on any atom is -0.385 e. The number of aliphatic hydroxyl groups is 1. The Balaban J connectivity index is 0.00000180. The van der Waals surface area contributed by atoms with E-state index in [-0.39, 0.29) is 24.0 Å². The van der Waals surface area contributed by atoms with Crippen LogP contribution < -0.4 is 10.6 Å². The standard InChI is InChI=1S/C14H21N3O.HI/c1-14(18,12-6-3-2-4-7-12)8-11-17-13-15-9-5-10-16-13;/h2-4,6-7,18H,5,8-11H2,1H3,(H2,15,16,17);1H. The van der Waals surface area contributed by atoms with Crippen molar-refractivity contribution in [2.75, 3.05) is 19.6 Å². The predicted molar refractivity (Wildman–Crippen MR) is 89.0 cm³/mol. The number of halogens is 1. The highest BCUT2D eigenvalue weighted by molar-refractivity contribution is 14.0. The number of rotatable bonds is 4. The van der Waals surface area contributed by atoms with E-state index in [1.807, 2.05) is 37.3 Å². The molecule has 0 bridgehead atoms. The van der Waals surface area contributed by atoms with Crippen LogP contribution in [0.15, 0.2) is 35.3 Å². The lowest BCUT2D eigenvalue weighted by atomic mass is 9.93. The Morgan fingerprint density at radius 3 is 2.74 bits per heavy atom. The maximum atomic E-state index is 10.4. The second-order valence-corrected chi connectivity index (χ2v) is 4.83. The molecule has 19 heavy (non-hydrogen) atoms. The van der Waals surface area contributed by atoms with Crippen molar-refractivity contribution in [1.29, 1.82) is 0 Å². The number of hydrogen-bond acceptors (Lipinski definition) is 4. The molecule has 2 rings (SSSR count). The highest BCUT2D eigenvalue weighted by atomic mass is 127. The summed E-state index contributed by atoms with van der Waals surface area (Å²) in [5.41, 5.74) is 0.147. The molecule has 1 aromatic carbocycles. The molecule has 0 radical (unpaired) electrons. The van der Waals surface area contributed by atoms with E-state index >= 15 is 0 Å². The third kappa shape index (κ3) is 4.99. The van der Waals surface area contributed by atoms with Crippen LogP contribution in [0.3, 0.4) is 0 Å². The molecule has 0 saturated heterocycles. The molecule has 106 valence electrons. The number of nitrogens with one attached hydrogen (secondary N) is 2. The smallest absolute Gasteiger partial charge is 0.191 e. The quantitative estimate of drug-likeness (QED) is 0.704. The molecule has 1 aliphatic rings. The van der Waals surface area contributed by atoms with Crippen LogP contribution in [0.5, 0.6) is 0 Å². The van der Waals surface area contributed by atoms with Crippen molar-refractivity contribution in [1.82, 2.24) is 10.6 Å². The van der Waals surface area contributed by atoms with Gasteiger partial charge in [0.15, 0.2) is 5.96 Å². The molecule has 0 aliphatic carbocycles. The van der Waals surface area contributed by atoms with Crippen LogP contribution in [0.1, 0.15) is 25.3 Å². The van der Waals surface area contributed by atoms with Crippen molar-refractivity contribution < 1.29 is 5.11 Å². The summed E-state index contributed by atoms with van der Waals surface area (Å²) in [6.07, 6.45) is 1.74. The highest BCUT2D eigenvalue weighted by Gasteiger charge is 2.22. The van der Waals surface area contributed by atoms with Gasteiger partial charge in [-0.3, -0.25) is 4.99 Å². The van der Waals surface area contributed by atoms with E-state index in [0.29, 0.717) is 13.0 Å². The predicted octanol–water partition coefficient (Wildman–Crippen LogP) is 1.84. The first-order valence-electron chi connectivity index (χ1n) is 6.48. The fourth-order valence-corrected chi connectivity index (χ4v) is 2.02. The van der Waals surface area contributed by atoms with Gasteiger partial charge in [0.05, 0.1) is 5.60 Å². The maximum Gasteiger partial charge on any atom is 0.191 e. The Morgan fingerprint density at radius 1 is 1.37 bits per heavy atom. The first kappa shape index (κ1) is 16.2. The molecule has 0 spiro atoms. The van der Waals surface area contributed by atoms with E-state index in [1.54, 1.807) is 0 Å². The van der Waals surface area contributed by atoms with E-state index in [9.17, 15) is 5.11 Å². The van der Waals surface area contributed by atoms with Crippen molar-refractivity contribution in [2.45, 2.75) is 25.4 Å². The molecule has 1 heterocycles. The zero-order chi connectivity index (χ0) is 12.8. The van der Waals surface area contributed by atoms with Crippen LogP contribution in [-0.2, 0) is 5.60 Å². The molecule has 0 amide bonds. The minimum atomic E-state index is -0.802. The summed E-state index contributed by atoms with van der Waals surface area (Å²) >= 11 is 0. The van der Waals surface area contributed by atoms with E-state index in [0.717, 1.165) is 31.0 Å². The summed E-state index contributed by atoms with van der Waals surface area (Å²) in [5.74, 6) is 0.852. The number of hydrogen-bond donors (Lipinski definition) is 3. The van der Waals surface area contributed by atoms with Crippen LogP contribution >= 0.6 is 24.0 Å². The molecule has 1 aromatic rings. The van der Waals surface area contributed by atoms with Gasteiger partial charge >= 0.3 is 0 Å². The van der Waals surface area contributed by atoms with Crippen LogP contribution in [0, 0.1) is 0 Å². The zero-order valence-corrected chi connectivity index (χ0v) is 13.6. The first-order valence-corrected chi connectivity index (χ1v) is 6.48. The van der Waals surface area contributed by atoms with Gasteiger partial charge in [-0.2, -0.15) is 0 Å². The second-order valence-electron chi connectivity index (χ2n) is 4.83. The SMILES string of the molecule is CC(O)(CCNC1=NCCCN1)c1ccccc1.I. The molecule has 1 unspecified atom stereocenters. The summed E-state index contributed by atoms with van der Waals surface area (Å²) in [7, 11) is 0. The molecule has 3 N–H and O–H groups in total. The molecule has 4 nitrogen and oxygen atoms in total. The number of guanidine groups is 1. The van der Waals surface area contributed by atoms with Gasteiger partial charge in [-0.05, 0) is 25.3 Å². The molecule has 1 aliphatic heterocycles. The van der Waals surface area contributed by atoms with Crippen molar-refractivity contribution >= 4 is 29.9 Å². The third-order valence-corrected chi connectivity index (χ3v) is 3.20. The fourth-order valence-electron chi connectivity index (χ4n) is 2.02. The topological polar surface area (TPSA) is 56.6 Å². The van der Waals surface area contributed by atoms with E-state index in [4.69, 9.17) is 0 Å². The fraction of sp³-hybridized carbons (Fsp3) is 0.500. The van der Waals surface area contributed by atoms with E-state index in [2.05, 4.69) is 15.6 Å². The van der Waals surface area contributed by atoms with Gasteiger partial charge < -0.3 is 15.7 Å². The Morgan fingerprint density at radius 2 is 2.11 bits per heavy atom. The zero-order valence-electron chi connectivity index (χ0n) is 11.2. The number of aliphatic imine (C=N–C) groups is 1. The van der Waals surface area contributed by atoms with Gasteiger partial charge in [0, 0.05) is 19.6 Å². The van der Waals surface area contributed by atoms with Crippen molar-refractivity contribution in [3.63, 3.8) is 0 Å². The van der Waals surface area contributed by atoms with E-state index in [1.165, 1.54) is 0 Å². The highest BCUT2D eigenvalue weighted by Crippen LogP contribution is 2.23. The lowest BCUT2D eigenvalue weighted by Gasteiger charge is -2.25. The average Bonchev–Trinajstić information content (AvgIpc) is 2.41. The summed E-state index contributed by atoms with van der Waals surface area (Å²) < 4.78 is 0. The minimum absolute atomic E-state index is 0. The van der Waals surface area contributed by atoms with Crippen LogP contribution in [0.2, 0.25) is 0 Å². The van der Waals surface area contributed by atoms with Gasteiger partial charge in [0.2, 0.25) is 0 Å². The molecule has 0 fully saturated rings. The molecule has 1 atom stereocenters.